The molecule has 0 aromatic heterocycles. The summed E-state index contributed by atoms with van der Waals surface area (Å²) in [5, 5.41) is 14.8. The predicted molar refractivity (Wildman–Crippen MR) is 116 cm³/mol. The number of hydrogen-bond donors (Lipinski definition) is 1. The second-order valence-corrected chi connectivity index (χ2v) is 8.73. The maximum absolute atomic E-state index is 13.3. The van der Waals surface area contributed by atoms with E-state index in [9.17, 15) is 9.50 Å². The van der Waals surface area contributed by atoms with Crippen LogP contribution >= 0.6 is 0 Å². The van der Waals surface area contributed by atoms with Gasteiger partial charge in [-0.1, -0.05) is 47.6 Å². The molecule has 1 heterocycles. The van der Waals surface area contributed by atoms with Gasteiger partial charge in [0.2, 0.25) is 0 Å². The summed E-state index contributed by atoms with van der Waals surface area (Å²) in [7, 11) is 0. The molecular weight excluding hydrogens is 383 g/mol. The molecule has 0 saturated heterocycles. The molecule has 6 heteroatoms. The Hall–Kier alpha value is -2.28. The molecule has 0 radical (unpaired) electrons. The highest BCUT2D eigenvalue weighted by Gasteiger charge is 2.26. The molecule has 0 aliphatic carbocycles. The minimum Gasteiger partial charge on any atom is -0.390 e. The number of ether oxygens (including phenoxy) is 1. The number of aliphatic hydroxyl groups excluding tert-OH is 1. The van der Waals surface area contributed by atoms with Gasteiger partial charge in [0.15, 0.2) is 0 Å². The van der Waals surface area contributed by atoms with Crippen molar-refractivity contribution in [2.45, 2.75) is 51.5 Å². The lowest BCUT2D eigenvalue weighted by Gasteiger charge is -2.28. The Labute approximate surface area is 178 Å². The van der Waals surface area contributed by atoms with Crippen molar-refractivity contribution in [3.05, 3.63) is 71.5 Å². The number of rotatable bonds is 9. The Morgan fingerprint density at radius 1 is 1.17 bits per heavy atom. The van der Waals surface area contributed by atoms with Gasteiger partial charge in [-0.15, -0.1) is 0 Å². The summed E-state index contributed by atoms with van der Waals surface area (Å²) in [6.07, 6.45) is -0.0320. The smallest absolute Gasteiger partial charge is 0.145 e. The molecule has 3 rings (SSSR count). The quantitative estimate of drug-likeness (QED) is 0.674. The molecule has 162 valence electrons. The van der Waals surface area contributed by atoms with Crippen LogP contribution in [0.3, 0.4) is 0 Å². The van der Waals surface area contributed by atoms with Crippen molar-refractivity contribution in [2.24, 2.45) is 5.16 Å². The fraction of sp³-hybridized carbons (Fsp3) is 0.458. The van der Waals surface area contributed by atoms with E-state index < -0.39 is 6.10 Å². The van der Waals surface area contributed by atoms with Gasteiger partial charge in [0, 0.05) is 26.1 Å². The van der Waals surface area contributed by atoms with Crippen molar-refractivity contribution in [1.82, 2.24) is 4.90 Å². The molecule has 1 aliphatic heterocycles. The van der Waals surface area contributed by atoms with E-state index >= 15 is 0 Å². The number of halogens is 1. The van der Waals surface area contributed by atoms with Crippen LogP contribution in [0, 0.1) is 5.82 Å². The van der Waals surface area contributed by atoms with Gasteiger partial charge in [-0.2, -0.15) is 0 Å². The van der Waals surface area contributed by atoms with E-state index in [1.807, 2.05) is 51.1 Å². The third kappa shape index (κ3) is 7.20. The van der Waals surface area contributed by atoms with Gasteiger partial charge in [-0.05, 0) is 44.0 Å². The van der Waals surface area contributed by atoms with Crippen LogP contribution in [0.25, 0.3) is 0 Å². The van der Waals surface area contributed by atoms with Crippen LogP contribution in [0.4, 0.5) is 4.39 Å². The van der Waals surface area contributed by atoms with Crippen LogP contribution in [0.1, 0.15) is 38.3 Å². The molecular formula is C24H31FN2O3. The monoisotopic (exact) mass is 414 g/mol. The van der Waals surface area contributed by atoms with Crippen LogP contribution in [-0.4, -0.2) is 53.2 Å². The fourth-order valence-electron chi connectivity index (χ4n) is 3.36. The largest absolute Gasteiger partial charge is 0.390 e. The third-order valence-electron chi connectivity index (χ3n) is 4.80. The van der Waals surface area contributed by atoms with Crippen LogP contribution in [0.5, 0.6) is 0 Å². The first-order valence-corrected chi connectivity index (χ1v) is 10.4. The third-order valence-corrected chi connectivity index (χ3v) is 4.80. The summed E-state index contributed by atoms with van der Waals surface area (Å²) in [6.45, 7) is 7.74. The van der Waals surface area contributed by atoms with Gasteiger partial charge in [-0.25, -0.2) is 4.39 Å². The molecule has 0 amide bonds. The summed E-state index contributed by atoms with van der Waals surface area (Å²) in [6, 6.07) is 16.4. The molecule has 1 aliphatic rings. The van der Waals surface area contributed by atoms with E-state index in [0.717, 1.165) is 16.8 Å². The van der Waals surface area contributed by atoms with E-state index in [1.54, 1.807) is 12.1 Å². The first-order chi connectivity index (χ1) is 14.3. The fourth-order valence-corrected chi connectivity index (χ4v) is 3.36. The number of hydrogen-bond acceptors (Lipinski definition) is 5. The Morgan fingerprint density at radius 2 is 1.87 bits per heavy atom. The Morgan fingerprint density at radius 3 is 2.53 bits per heavy atom. The van der Waals surface area contributed by atoms with Crippen molar-refractivity contribution >= 4 is 5.71 Å². The average molecular weight is 415 g/mol. The zero-order valence-corrected chi connectivity index (χ0v) is 17.9. The van der Waals surface area contributed by atoms with E-state index in [1.165, 1.54) is 12.1 Å². The Balaban J connectivity index is 1.61. The second-order valence-electron chi connectivity index (χ2n) is 8.73. The van der Waals surface area contributed by atoms with E-state index in [4.69, 9.17) is 9.57 Å². The summed E-state index contributed by atoms with van der Waals surface area (Å²) < 4.78 is 19.0. The first-order valence-electron chi connectivity index (χ1n) is 10.4. The minimum atomic E-state index is -0.638. The zero-order chi connectivity index (χ0) is 21.6. The van der Waals surface area contributed by atoms with Crippen LogP contribution < -0.4 is 0 Å². The Bertz CT molecular complexity index is 819. The highest BCUT2D eigenvalue weighted by molar-refractivity contribution is 6.01. The van der Waals surface area contributed by atoms with Crippen molar-refractivity contribution in [1.29, 1.82) is 0 Å². The van der Waals surface area contributed by atoms with Gasteiger partial charge < -0.3 is 14.7 Å². The number of nitrogens with zero attached hydrogens (tertiary/aromatic N) is 2. The molecule has 2 aromatic rings. The topological polar surface area (TPSA) is 54.3 Å². The predicted octanol–water partition coefficient (Wildman–Crippen LogP) is 4.00. The molecule has 0 bridgehead atoms. The molecule has 0 spiro atoms. The van der Waals surface area contributed by atoms with Crippen molar-refractivity contribution < 1.29 is 19.1 Å². The molecule has 5 nitrogen and oxygen atoms in total. The molecule has 2 aromatic carbocycles. The van der Waals surface area contributed by atoms with Crippen molar-refractivity contribution in [2.75, 3.05) is 19.7 Å². The number of aliphatic hydroxyl groups is 1. The normalized spacial score (nSPS) is 17.7. The van der Waals surface area contributed by atoms with E-state index in [0.29, 0.717) is 26.1 Å². The van der Waals surface area contributed by atoms with Gasteiger partial charge in [-0.3, -0.25) is 4.90 Å². The molecule has 1 N–H and O–H groups in total. The van der Waals surface area contributed by atoms with Gasteiger partial charge in [0.05, 0.1) is 24.0 Å². The Kier molecular flexibility index (Phi) is 7.58. The van der Waals surface area contributed by atoms with Gasteiger partial charge in [0.25, 0.3) is 0 Å². The SMILES string of the molecule is CC(C)(C)OC[C@@H](O)CN(Cc1ccc(F)cc1)C[C@H]1CC(c2ccccc2)=NO1. The maximum Gasteiger partial charge on any atom is 0.145 e. The lowest BCUT2D eigenvalue weighted by Crippen LogP contribution is -2.40. The number of oxime groups is 1. The first kappa shape index (κ1) is 22.4. The molecule has 2 atom stereocenters. The standard InChI is InChI=1S/C24H31FN2O3/c1-24(2,3)29-17-21(28)15-27(14-18-9-11-20(25)12-10-18)16-22-13-23(26-30-22)19-7-5-4-6-8-19/h4-12,21-22,28H,13-17H2,1-3H3/t21-,22+/m0/s1. The highest BCUT2D eigenvalue weighted by Crippen LogP contribution is 2.19. The molecule has 0 saturated carbocycles. The second kappa shape index (κ2) is 10.2. The van der Waals surface area contributed by atoms with E-state index in [2.05, 4.69) is 10.1 Å². The summed E-state index contributed by atoms with van der Waals surface area (Å²) in [4.78, 5) is 7.79. The summed E-state index contributed by atoms with van der Waals surface area (Å²) >= 11 is 0. The highest BCUT2D eigenvalue weighted by atomic mass is 19.1. The minimum absolute atomic E-state index is 0.101. The number of benzene rings is 2. The lowest BCUT2D eigenvalue weighted by atomic mass is 10.0. The van der Waals surface area contributed by atoms with E-state index in [-0.39, 0.29) is 24.1 Å². The molecule has 0 fully saturated rings. The van der Waals surface area contributed by atoms with Gasteiger partial charge in [0.1, 0.15) is 11.9 Å². The van der Waals surface area contributed by atoms with Gasteiger partial charge >= 0.3 is 0 Å². The van der Waals surface area contributed by atoms with Crippen LogP contribution in [-0.2, 0) is 16.1 Å². The van der Waals surface area contributed by atoms with Crippen molar-refractivity contribution in [3.8, 4) is 0 Å². The average Bonchev–Trinajstić information content (AvgIpc) is 3.17. The van der Waals surface area contributed by atoms with Crippen LogP contribution in [0.15, 0.2) is 59.8 Å². The van der Waals surface area contributed by atoms with Crippen LogP contribution in [0.2, 0.25) is 0 Å². The maximum atomic E-state index is 13.3. The molecule has 30 heavy (non-hydrogen) atoms. The lowest BCUT2D eigenvalue weighted by molar-refractivity contribution is -0.0600. The molecule has 0 unspecified atom stereocenters. The zero-order valence-electron chi connectivity index (χ0n) is 17.9. The van der Waals surface area contributed by atoms with Crippen molar-refractivity contribution in [3.63, 3.8) is 0 Å². The summed E-state index contributed by atoms with van der Waals surface area (Å²) in [5.74, 6) is -0.260. The summed E-state index contributed by atoms with van der Waals surface area (Å²) in [5.41, 5.74) is 2.65.